The largest absolute Gasteiger partial charge is 0.497 e. The summed E-state index contributed by atoms with van der Waals surface area (Å²) in [5, 5.41) is 0. The van der Waals surface area contributed by atoms with Crippen molar-refractivity contribution in [1.82, 2.24) is 9.97 Å². The van der Waals surface area contributed by atoms with Crippen LogP contribution in [0.3, 0.4) is 0 Å². The van der Waals surface area contributed by atoms with E-state index < -0.39 is 0 Å². The van der Waals surface area contributed by atoms with Gasteiger partial charge in [-0.25, -0.2) is 4.98 Å². The normalized spacial score (nSPS) is 15.0. The number of hydrogen-bond donors (Lipinski definition) is 1. The summed E-state index contributed by atoms with van der Waals surface area (Å²) in [5.74, 6) is 2.14. The minimum atomic E-state index is 0.338. The van der Waals surface area contributed by atoms with Gasteiger partial charge in [0.1, 0.15) is 11.6 Å². The van der Waals surface area contributed by atoms with Crippen molar-refractivity contribution in [2.45, 2.75) is 6.92 Å². The van der Waals surface area contributed by atoms with Gasteiger partial charge in [0.2, 0.25) is 5.95 Å². The second-order valence-electron chi connectivity index (χ2n) is 5.40. The molecule has 1 aromatic heterocycles. The average molecular weight is 299 g/mol. The van der Waals surface area contributed by atoms with Crippen molar-refractivity contribution in [2.24, 2.45) is 0 Å². The summed E-state index contributed by atoms with van der Waals surface area (Å²) in [6.07, 6.45) is 0. The van der Waals surface area contributed by atoms with Crippen LogP contribution in [0.2, 0.25) is 0 Å². The minimum absolute atomic E-state index is 0.338. The molecule has 2 aromatic rings. The van der Waals surface area contributed by atoms with E-state index in [2.05, 4.69) is 31.9 Å². The molecule has 2 heterocycles. The number of ether oxygens (including phenoxy) is 1. The maximum Gasteiger partial charge on any atom is 0.222 e. The SMILES string of the molecule is COc1cccc(N2CCN(c3cc(C)nc(N)n3)CC2)c1. The first kappa shape index (κ1) is 14.4. The molecule has 3 rings (SSSR count). The van der Waals surface area contributed by atoms with Gasteiger partial charge in [-0.2, -0.15) is 4.98 Å². The molecule has 22 heavy (non-hydrogen) atoms. The number of anilines is 3. The lowest BCUT2D eigenvalue weighted by Gasteiger charge is -2.36. The molecule has 6 nitrogen and oxygen atoms in total. The molecular formula is C16H21N5O. The van der Waals surface area contributed by atoms with Crippen LogP contribution in [0.4, 0.5) is 17.5 Å². The Morgan fingerprint density at radius 3 is 2.45 bits per heavy atom. The van der Waals surface area contributed by atoms with E-state index in [9.17, 15) is 0 Å². The van der Waals surface area contributed by atoms with Crippen molar-refractivity contribution in [3.63, 3.8) is 0 Å². The third-order valence-electron chi connectivity index (χ3n) is 3.88. The van der Waals surface area contributed by atoms with E-state index in [4.69, 9.17) is 10.5 Å². The maximum atomic E-state index is 5.74. The number of methoxy groups -OCH3 is 1. The van der Waals surface area contributed by atoms with E-state index in [-0.39, 0.29) is 0 Å². The highest BCUT2D eigenvalue weighted by Gasteiger charge is 2.19. The van der Waals surface area contributed by atoms with Gasteiger partial charge in [-0.1, -0.05) is 6.07 Å². The summed E-state index contributed by atoms with van der Waals surface area (Å²) in [5.41, 5.74) is 7.84. The van der Waals surface area contributed by atoms with Crippen molar-refractivity contribution in [3.8, 4) is 5.75 Å². The van der Waals surface area contributed by atoms with Gasteiger partial charge in [-0.05, 0) is 19.1 Å². The van der Waals surface area contributed by atoms with E-state index in [0.29, 0.717) is 5.95 Å². The van der Waals surface area contributed by atoms with Gasteiger partial charge in [0.25, 0.3) is 0 Å². The number of aryl methyl sites for hydroxylation is 1. The fourth-order valence-electron chi connectivity index (χ4n) is 2.74. The van der Waals surface area contributed by atoms with Crippen molar-refractivity contribution >= 4 is 17.5 Å². The Morgan fingerprint density at radius 2 is 1.77 bits per heavy atom. The third-order valence-corrected chi connectivity index (χ3v) is 3.88. The van der Waals surface area contributed by atoms with Gasteiger partial charge in [0.15, 0.2) is 0 Å². The third kappa shape index (κ3) is 3.05. The molecular weight excluding hydrogens is 278 g/mol. The summed E-state index contributed by atoms with van der Waals surface area (Å²) >= 11 is 0. The lowest BCUT2D eigenvalue weighted by atomic mass is 10.2. The van der Waals surface area contributed by atoms with Crippen LogP contribution in [-0.2, 0) is 0 Å². The van der Waals surface area contributed by atoms with E-state index in [0.717, 1.165) is 43.4 Å². The Balaban J connectivity index is 1.69. The van der Waals surface area contributed by atoms with Crippen molar-refractivity contribution in [3.05, 3.63) is 36.0 Å². The monoisotopic (exact) mass is 299 g/mol. The molecule has 0 saturated carbocycles. The van der Waals surface area contributed by atoms with Gasteiger partial charge in [-0.3, -0.25) is 0 Å². The molecule has 1 aliphatic heterocycles. The van der Waals surface area contributed by atoms with Crippen LogP contribution in [0.5, 0.6) is 5.75 Å². The zero-order valence-corrected chi connectivity index (χ0v) is 13.0. The smallest absolute Gasteiger partial charge is 0.222 e. The van der Waals surface area contributed by atoms with Gasteiger partial charge < -0.3 is 20.3 Å². The van der Waals surface area contributed by atoms with Crippen molar-refractivity contribution < 1.29 is 4.74 Å². The summed E-state index contributed by atoms with van der Waals surface area (Å²) in [4.78, 5) is 13.1. The number of benzene rings is 1. The molecule has 0 aliphatic carbocycles. The number of piperazine rings is 1. The number of rotatable bonds is 3. The average Bonchev–Trinajstić information content (AvgIpc) is 2.54. The zero-order chi connectivity index (χ0) is 15.5. The van der Waals surface area contributed by atoms with Crippen LogP contribution < -0.4 is 20.3 Å². The van der Waals surface area contributed by atoms with Gasteiger partial charge >= 0.3 is 0 Å². The fraction of sp³-hybridized carbons (Fsp3) is 0.375. The van der Waals surface area contributed by atoms with Crippen molar-refractivity contribution in [1.29, 1.82) is 0 Å². The second-order valence-corrected chi connectivity index (χ2v) is 5.40. The maximum absolute atomic E-state index is 5.74. The van der Waals surface area contributed by atoms with Crippen LogP contribution in [0, 0.1) is 6.92 Å². The number of hydrogen-bond acceptors (Lipinski definition) is 6. The lowest BCUT2D eigenvalue weighted by Crippen LogP contribution is -2.46. The summed E-state index contributed by atoms with van der Waals surface area (Å²) < 4.78 is 5.29. The molecule has 1 fully saturated rings. The standard InChI is InChI=1S/C16H21N5O/c1-12-10-15(19-16(17)18-12)21-8-6-20(7-9-21)13-4-3-5-14(11-13)22-2/h3-5,10-11H,6-9H2,1-2H3,(H2,17,18,19). The Hall–Kier alpha value is -2.50. The predicted octanol–water partition coefficient (Wildman–Crippen LogP) is 1.70. The lowest BCUT2D eigenvalue weighted by molar-refractivity contribution is 0.414. The van der Waals surface area contributed by atoms with Gasteiger partial charge in [-0.15, -0.1) is 0 Å². The van der Waals surface area contributed by atoms with Crippen molar-refractivity contribution in [2.75, 3.05) is 48.8 Å². The Bertz CT molecular complexity index is 632. The first-order valence-corrected chi connectivity index (χ1v) is 7.41. The Morgan fingerprint density at radius 1 is 1.05 bits per heavy atom. The molecule has 0 spiro atoms. The number of nitrogen functional groups attached to an aromatic ring is 1. The minimum Gasteiger partial charge on any atom is -0.497 e. The van der Waals surface area contributed by atoms with Crippen LogP contribution in [0.15, 0.2) is 30.3 Å². The summed E-state index contributed by atoms with van der Waals surface area (Å²) in [6.45, 7) is 5.64. The highest BCUT2D eigenvalue weighted by Crippen LogP contribution is 2.23. The van der Waals surface area contributed by atoms with Crippen LogP contribution in [0.25, 0.3) is 0 Å². The number of nitrogens with two attached hydrogens (primary N) is 1. The first-order chi connectivity index (χ1) is 10.7. The van der Waals surface area contributed by atoms with Crippen LogP contribution >= 0.6 is 0 Å². The molecule has 2 N–H and O–H groups in total. The zero-order valence-electron chi connectivity index (χ0n) is 13.0. The molecule has 0 unspecified atom stereocenters. The van der Waals surface area contributed by atoms with Crippen LogP contribution in [0.1, 0.15) is 5.69 Å². The molecule has 0 atom stereocenters. The Kier molecular flexibility index (Phi) is 4.00. The van der Waals surface area contributed by atoms with E-state index in [1.807, 2.05) is 25.1 Å². The molecule has 1 aromatic carbocycles. The molecule has 1 aliphatic rings. The van der Waals surface area contributed by atoms with Gasteiger partial charge in [0, 0.05) is 49.7 Å². The highest BCUT2D eigenvalue weighted by molar-refractivity contribution is 5.53. The molecule has 0 radical (unpaired) electrons. The van der Waals surface area contributed by atoms with Gasteiger partial charge in [0.05, 0.1) is 7.11 Å². The van der Waals surface area contributed by atoms with E-state index in [1.54, 1.807) is 7.11 Å². The predicted molar refractivity (Wildman–Crippen MR) is 88.6 cm³/mol. The molecule has 116 valence electrons. The second kappa shape index (κ2) is 6.09. The first-order valence-electron chi connectivity index (χ1n) is 7.41. The highest BCUT2D eigenvalue weighted by atomic mass is 16.5. The van der Waals surface area contributed by atoms with Crippen LogP contribution in [-0.4, -0.2) is 43.3 Å². The quantitative estimate of drug-likeness (QED) is 0.930. The molecule has 0 amide bonds. The van der Waals surface area contributed by atoms with E-state index >= 15 is 0 Å². The summed E-state index contributed by atoms with van der Waals surface area (Å²) in [7, 11) is 1.69. The number of aromatic nitrogens is 2. The Labute approximate surface area is 130 Å². The number of nitrogens with zero attached hydrogens (tertiary/aromatic N) is 4. The fourth-order valence-corrected chi connectivity index (χ4v) is 2.74. The van der Waals surface area contributed by atoms with E-state index in [1.165, 1.54) is 5.69 Å². The molecule has 1 saturated heterocycles. The molecule has 6 heteroatoms. The molecule has 0 bridgehead atoms. The summed E-state index contributed by atoms with van der Waals surface area (Å²) in [6, 6.07) is 10.2. The topological polar surface area (TPSA) is 67.5 Å².